The minimum atomic E-state index is -3.49. The maximum Gasteiger partial charge on any atom is 0.243 e. The number of aromatic nitrogens is 1. The molecule has 0 radical (unpaired) electrons. The molecule has 1 aromatic rings. The zero-order valence-corrected chi connectivity index (χ0v) is 12.4. The summed E-state index contributed by atoms with van der Waals surface area (Å²) in [4.78, 5) is 4.29. The second-order valence-electron chi connectivity index (χ2n) is 3.93. The Kier molecular flexibility index (Phi) is 6.20. The minimum Gasteiger partial charge on any atom is -0.380 e. The Bertz CT molecular complexity index is 491. The summed E-state index contributed by atoms with van der Waals surface area (Å²) >= 11 is 0. The summed E-state index contributed by atoms with van der Waals surface area (Å²) in [6.45, 7) is 5.79. The third-order valence-electron chi connectivity index (χ3n) is 2.55. The van der Waals surface area contributed by atoms with Crippen LogP contribution in [0.2, 0.25) is 0 Å². The first kappa shape index (κ1) is 15.9. The molecule has 0 spiro atoms. The zero-order valence-electron chi connectivity index (χ0n) is 11.6. The second-order valence-corrected chi connectivity index (χ2v) is 5.98. The number of sulfonamides is 1. The number of ether oxygens (including phenoxy) is 1. The predicted molar refractivity (Wildman–Crippen MR) is 74.7 cm³/mol. The van der Waals surface area contributed by atoms with Crippen molar-refractivity contribution in [3.05, 3.63) is 18.3 Å². The second kappa shape index (κ2) is 7.42. The summed E-state index contributed by atoms with van der Waals surface area (Å²) in [6, 6.07) is 3.03. The number of nitrogens with zero attached hydrogens (tertiary/aromatic N) is 2. The van der Waals surface area contributed by atoms with Crippen molar-refractivity contribution >= 4 is 15.8 Å². The lowest BCUT2D eigenvalue weighted by molar-refractivity contribution is 0.138. The Morgan fingerprint density at radius 2 is 2.16 bits per heavy atom. The Hall–Kier alpha value is -1.18. The largest absolute Gasteiger partial charge is 0.380 e. The molecule has 7 heteroatoms. The van der Waals surface area contributed by atoms with Crippen LogP contribution in [0.4, 0.5) is 5.82 Å². The van der Waals surface area contributed by atoms with E-state index in [2.05, 4.69) is 10.3 Å². The highest BCUT2D eigenvalue weighted by molar-refractivity contribution is 7.89. The van der Waals surface area contributed by atoms with E-state index in [0.29, 0.717) is 32.1 Å². The predicted octanol–water partition coefficient (Wildman–Crippen LogP) is 1.17. The van der Waals surface area contributed by atoms with Gasteiger partial charge >= 0.3 is 0 Å². The lowest BCUT2D eigenvalue weighted by Crippen LogP contribution is -2.30. The van der Waals surface area contributed by atoms with Crippen LogP contribution < -0.4 is 5.32 Å². The van der Waals surface area contributed by atoms with E-state index in [1.54, 1.807) is 7.05 Å². The fourth-order valence-corrected chi connectivity index (χ4v) is 2.66. The molecule has 19 heavy (non-hydrogen) atoms. The first-order chi connectivity index (χ1) is 9.02. The van der Waals surface area contributed by atoms with E-state index in [-0.39, 0.29) is 4.90 Å². The van der Waals surface area contributed by atoms with Crippen LogP contribution in [0.15, 0.2) is 23.2 Å². The average Bonchev–Trinajstić information content (AvgIpc) is 2.39. The molecule has 0 saturated carbocycles. The van der Waals surface area contributed by atoms with Gasteiger partial charge in [0, 0.05) is 39.0 Å². The lowest BCUT2D eigenvalue weighted by Gasteiger charge is -2.17. The maximum atomic E-state index is 12.3. The van der Waals surface area contributed by atoms with Gasteiger partial charge in [-0.05, 0) is 19.9 Å². The molecule has 6 nitrogen and oxygen atoms in total. The third-order valence-corrected chi connectivity index (χ3v) is 4.40. The molecule has 1 aromatic heterocycles. The molecular weight excluding hydrogens is 266 g/mol. The van der Waals surface area contributed by atoms with Crippen molar-refractivity contribution in [2.45, 2.75) is 18.7 Å². The van der Waals surface area contributed by atoms with E-state index >= 15 is 0 Å². The molecule has 0 aromatic carbocycles. The standard InChI is InChI=1S/C12H21N3O3S/c1-4-13-12-10-11(6-7-14-12)19(16,17)15(3)8-9-18-5-2/h6-7,10H,4-5,8-9H2,1-3H3,(H,13,14). The van der Waals surface area contributed by atoms with Gasteiger partial charge in [-0.25, -0.2) is 13.4 Å². The number of nitrogens with one attached hydrogen (secondary N) is 1. The molecule has 0 saturated heterocycles. The van der Waals surface area contributed by atoms with Crippen LogP contribution in [-0.2, 0) is 14.8 Å². The number of anilines is 1. The average molecular weight is 287 g/mol. The van der Waals surface area contributed by atoms with Gasteiger partial charge in [-0.15, -0.1) is 0 Å². The van der Waals surface area contributed by atoms with E-state index in [1.807, 2.05) is 13.8 Å². The van der Waals surface area contributed by atoms with E-state index < -0.39 is 10.0 Å². The van der Waals surface area contributed by atoms with Crippen LogP contribution in [0.1, 0.15) is 13.8 Å². The van der Waals surface area contributed by atoms with E-state index in [9.17, 15) is 8.42 Å². The van der Waals surface area contributed by atoms with Crippen molar-refractivity contribution in [3.8, 4) is 0 Å². The molecule has 0 bridgehead atoms. The van der Waals surface area contributed by atoms with Crippen molar-refractivity contribution in [1.82, 2.24) is 9.29 Å². The number of pyridine rings is 1. The van der Waals surface area contributed by atoms with Gasteiger partial charge in [-0.2, -0.15) is 4.31 Å². The highest BCUT2D eigenvalue weighted by Crippen LogP contribution is 2.16. The van der Waals surface area contributed by atoms with Crippen LogP contribution in [0.3, 0.4) is 0 Å². The van der Waals surface area contributed by atoms with Crippen LogP contribution in [0, 0.1) is 0 Å². The van der Waals surface area contributed by atoms with Gasteiger partial charge in [0.25, 0.3) is 0 Å². The first-order valence-corrected chi connectivity index (χ1v) is 7.70. The number of likely N-dealkylation sites (N-methyl/N-ethyl adjacent to an activating group) is 1. The smallest absolute Gasteiger partial charge is 0.243 e. The number of hydrogen-bond acceptors (Lipinski definition) is 5. The van der Waals surface area contributed by atoms with Gasteiger partial charge in [0.15, 0.2) is 0 Å². The van der Waals surface area contributed by atoms with Gasteiger partial charge in [-0.3, -0.25) is 0 Å². The molecule has 0 fully saturated rings. The highest BCUT2D eigenvalue weighted by Gasteiger charge is 2.20. The zero-order chi connectivity index (χ0) is 14.3. The molecule has 0 amide bonds. The molecule has 1 N–H and O–H groups in total. The fourth-order valence-electron chi connectivity index (χ4n) is 1.49. The molecule has 0 aliphatic carbocycles. The maximum absolute atomic E-state index is 12.3. The summed E-state index contributed by atoms with van der Waals surface area (Å²) in [7, 11) is -1.94. The number of rotatable bonds is 8. The first-order valence-electron chi connectivity index (χ1n) is 6.26. The molecule has 0 aliphatic rings. The van der Waals surface area contributed by atoms with Gasteiger partial charge in [0.05, 0.1) is 11.5 Å². The Balaban J connectivity index is 2.83. The van der Waals surface area contributed by atoms with Gasteiger partial charge in [0.1, 0.15) is 5.82 Å². The summed E-state index contributed by atoms with van der Waals surface area (Å²) < 4.78 is 31.0. The van der Waals surface area contributed by atoms with Crippen LogP contribution in [-0.4, -0.2) is 51.1 Å². The monoisotopic (exact) mass is 287 g/mol. The molecular formula is C12H21N3O3S. The van der Waals surface area contributed by atoms with Gasteiger partial charge in [-0.1, -0.05) is 0 Å². The van der Waals surface area contributed by atoms with E-state index in [0.717, 1.165) is 0 Å². The van der Waals surface area contributed by atoms with E-state index in [1.165, 1.54) is 22.6 Å². The van der Waals surface area contributed by atoms with Crippen LogP contribution in [0.5, 0.6) is 0 Å². The van der Waals surface area contributed by atoms with Crippen molar-refractivity contribution in [3.63, 3.8) is 0 Å². The van der Waals surface area contributed by atoms with Crippen molar-refractivity contribution < 1.29 is 13.2 Å². The highest BCUT2D eigenvalue weighted by atomic mass is 32.2. The van der Waals surface area contributed by atoms with Crippen molar-refractivity contribution in [2.24, 2.45) is 0 Å². The van der Waals surface area contributed by atoms with Crippen molar-refractivity contribution in [1.29, 1.82) is 0 Å². The van der Waals surface area contributed by atoms with Crippen LogP contribution >= 0.6 is 0 Å². The molecule has 0 atom stereocenters. The third kappa shape index (κ3) is 4.45. The summed E-state index contributed by atoms with van der Waals surface area (Å²) in [6.07, 6.45) is 1.49. The normalized spacial score (nSPS) is 11.8. The molecule has 1 rings (SSSR count). The minimum absolute atomic E-state index is 0.234. The summed E-state index contributed by atoms with van der Waals surface area (Å²) in [5.41, 5.74) is 0. The Labute approximate surface area is 114 Å². The van der Waals surface area contributed by atoms with E-state index in [4.69, 9.17) is 4.74 Å². The van der Waals surface area contributed by atoms with Gasteiger partial charge in [0.2, 0.25) is 10.0 Å². The quantitative estimate of drug-likeness (QED) is 0.727. The lowest BCUT2D eigenvalue weighted by atomic mass is 10.4. The summed E-state index contributed by atoms with van der Waals surface area (Å²) in [5.74, 6) is 0.557. The Morgan fingerprint density at radius 3 is 2.79 bits per heavy atom. The molecule has 0 unspecified atom stereocenters. The SMILES string of the molecule is CCNc1cc(S(=O)(=O)N(C)CCOCC)ccn1. The van der Waals surface area contributed by atoms with Crippen LogP contribution in [0.25, 0.3) is 0 Å². The fraction of sp³-hybridized carbons (Fsp3) is 0.583. The topological polar surface area (TPSA) is 71.5 Å². The summed E-state index contributed by atoms with van der Waals surface area (Å²) in [5, 5.41) is 2.99. The molecule has 1 heterocycles. The number of hydrogen-bond donors (Lipinski definition) is 1. The Morgan fingerprint density at radius 1 is 1.42 bits per heavy atom. The molecule has 0 aliphatic heterocycles. The van der Waals surface area contributed by atoms with Crippen molar-refractivity contribution in [2.75, 3.05) is 38.7 Å². The molecule has 108 valence electrons. The van der Waals surface area contributed by atoms with Gasteiger partial charge < -0.3 is 10.1 Å².